The van der Waals surface area contributed by atoms with Crippen molar-refractivity contribution in [1.29, 1.82) is 0 Å². The van der Waals surface area contributed by atoms with Crippen LogP contribution in [-0.4, -0.2) is 10.8 Å². The third-order valence-electron chi connectivity index (χ3n) is 2.09. The third-order valence-corrected chi connectivity index (χ3v) is 3.18. The molecule has 0 spiro atoms. The second-order valence-electron chi connectivity index (χ2n) is 3.39. The molecule has 4 nitrogen and oxygen atoms in total. The predicted octanol–water partition coefficient (Wildman–Crippen LogP) is 2.81. The molecule has 17 heavy (non-hydrogen) atoms. The molecule has 2 aromatic rings. The molecule has 0 aliphatic carbocycles. The summed E-state index contributed by atoms with van der Waals surface area (Å²) in [5.74, 6) is -0.367. The number of para-hydroxylation sites is 1. The molecule has 0 aliphatic heterocycles. The van der Waals surface area contributed by atoms with Gasteiger partial charge in [0.15, 0.2) is 10.9 Å². The summed E-state index contributed by atoms with van der Waals surface area (Å²) in [6.07, 6.45) is 0. The summed E-state index contributed by atoms with van der Waals surface area (Å²) >= 11 is 1.11. The zero-order valence-corrected chi connectivity index (χ0v) is 9.84. The molecule has 3 N–H and O–H groups in total. The Hall–Kier alpha value is -1.95. The molecule has 0 amide bonds. The van der Waals surface area contributed by atoms with Gasteiger partial charge in [0, 0.05) is 6.92 Å². The zero-order chi connectivity index (χ0) is 12.4. The number of Topliss-reactive ketones (excluding diaryl/α,β-unsaturated/α-hetero) is 1. The lowest BCUT2D eigenvalue weighted by atomic mass is 10.3. The number of carbonyl (C=O) groups is 1. The highest BCUT2D eigenvalue weighted by molar-refractivity contribution is 7.18. The van der Waals surface area contributed by atoms with Crippen molar-refractivity contribution < 1.29 is 9.18 Å². The summed E-state index contributed by atoms with van der Waals surface area (Å²) in [7, 11) is 0. The van der Waals surface area contributed by atoms with Gasteiger partial charge in [0.05, 0.1) is 5.69 Å². The highest BCUT2D eigenvalue weighted by Gasteiger charge is 2.13. The van der Waals surface area contributed by atoms with Gasteiger partial charge < -0.3 is 11.1 Å². The van der Waals surface area contributed by atoms with Crippen LogP contribution >= 0.6 is 11.3 Å². The Labute approximate surface area is 101 Å². The van der Waals surface area contributed by atoms with Crippen LogP contribution in [0, 0.1) is 5.82 Å². The van der Waals surface area contributed by atoms with E-state index in [0.29, 0.717) is 15.7 Å². The largest absolute Gasteiger partial charge is 0.382 e. The van der Waals surface area contributed by atoms with E-state index in [1.54, 1.807) is 18.2 Å². The molecular formula is C11H10FN3OS. The molecule has 0 radical (unpaired) electrons. The maximum Gasteiger partial charge on any atom is 0.189 e. The fourth-order valence-electron chi connectivity index (χ4n) is 1.32. The van der Waals surface area contributed by atoms with Crippen LogP contribution in [0.15, 0.2) is 24.3 Å². The van der Waals surface area contributed by atoms with Crippen LogP contribution in [0.3, 0.4) is 0 Å². The molecule has 0 fully saturated rings. The lowest BCUT2D eigenvalue weighted by Gasteiger charge is -2.02. The molecule has 6 heteroatoms. The van der Waals surface area contributed by atoms with Gasteiger partial charge in [-0.3, -0.25) is 4.79 Å². The molecule has 0 unspecified atom stereocenters. The van der Waals surface area contributed by atoms with Gasteiger partial charge in [0.2, 0.25) is 0 Å². The topological polar surface area (TPSA) is 68.0 Å². The lowest BCUT2D eigenvalue weighted by Crippen LogP contribution is -1.95. The minimum atomic E-state index is -0.384. The second-order valence-corrected chi connectivity index (χ2v) is 4.39. The van der Waals surface area contributed by atoms with Crippen molar-refractivity contribution >= 4 is 33.8 Å². The van der Waals surface area contributed by atoms with Crippen LogP contribution in [0.25, 0.3) is 0 Å². The van der Waals surface area contributed by atoms with E-state index in [4.69, 9.17) is 5.73 Å². The summed E-state index contributed by atoms with van der Waals surface area (Å²) in [5.41, 5.74) is 5.88. The first-order valence-electron chi connectivity index (χ1n) is 4.86. The first-order valence-corrected chi connectivity index (χ1v) is 5.68. The van der Waals surface area contributed by atoms with Gasteiger partial charge in [-0.25, -0.2) is 9.37 Å². The van der Waals surface area contributed by atoms with E-state index in [2.05, 4.69) is 10.3 Å². The Bertz CT molecular complexity index is 568. The van der Waals surface area contributed by atoms with Crippen LogP contribution < -0.4 is 11.1 Å². The number of hydrogen-bond donors (Lipinski definition) is 2. The number of nitrogens with one attached hydrogen (secondary N) is 1. The minimum Gasteiger partial charge on any atom is -0.382 e. The molecule has 88 valence electrons. The number of anilines is 3. The maximum absolute atomic E-state index is 13.4. The lowest BCUT2D eigenvalue weighted by molar-refractivity contribution is 0.102. The Morgan fingerprint density at radius 2 is 2.18 bits per heavy atom. The fourth-order valence-corrected chi connectivity index (χ4v) is 2.11. The normalized spacial score (nSPS) is 10.2. The van der Waals surface area contributed by atoms with E-state index in [1.807, 2.05) is 0 Å². The highest BCUT2D eigenvalue weighted by atomic mass is 32.1. The highest BCUT2D eigenvalue weighted by Crippen LogP contribution is 2.28. The van der Waals surface area contributed by atoms with Crippen molar-refractivity contribution in [2.75, 3.05) is 11.1 Å². The average Bonchev–Trinajstić information content (AvgIpc) is 2.63. The van der Waals surface area contributed by atoms with Crippen molar-refractivity contribution in [3.05, 3.63) is 35.0 Å². The SMILES string of the molecule is CC(=O)c1sc(Nc2ccccc2F)nc1N. The van der Waals surface area contributed by atoms with Crippen molar-refractivity contribution in [2.45, 2.75) is 6.92 Å². The van der Waals surface area contributed by atoms with Gasteiger partial charge in [0.25, 0.3) is 0 Å². The summed E-state index contributed by atoms with van der Waals surface area (Å²) in [6.45, 7) is 1.41. The van der Waals surface area contributed by atoms with Gasteiger partial charge in [-0.1, -0.05) is 23.5 Å². The fraction of sp³-hybridized carbons (Fsp3) is 0.0909. The number of benzene rings is 1. The Morgan fingerprint density at radius 1 is 1.47 bits per heavy atom. The van der Waals surface area contributed by atoms with Gasteiger partial charge in [0.1, 0.15) is 16.5 Å². The number of hydrogen-bond acceptors (Lipinski definition) is 5. The van der Waals surface area contributed by atoms with E-state index in [0.717, 1.165) is 11.3 Å². The van der Waals surface area contributed by atoms with Gasteiger partial charge >= 0.3 is 0 Å². The summed E-state index contributed by atoms with van der Waals surface area (Å²) in [4.78, 5) is 15.5. The molecule has 0 atom stereocenters. The van der Waals surface area contributed by atoms with Crippen molar-refractivity contribution in [3.63, 3.8) is 0 Å². The van der Waals surface area contributed by atoms with Crippen LogP contribution in [-0.2, 0) is 0 Å². The Balaban J connectivity index is 2.28. The molecule has 0 saturated carbocycles. The van der Waals surface area contributed by atoms with E-state index in [9.17, 15) is 9.18 Å². The molecule has 1 aromatic heterocycles. The Kier molecular flexibility index (Phi) is 3.06. The number of nitrogens with zero attached hydrogens (tertiary/aromatic N) is 1. The number of rotatable bonds is 3. The molecule has 0 aliphatic rings. The molecule has 1 heterocycles. The third kappa shape index (κ3) is 2.42. The van der Waals surface area contributed by atoms with Crippen LogP contribution in [0.2, 0.25) is 0 Å². The van der Waals surface area contributed by atoms with E-state index < -0.39 is 0 Å². The second kappa shape index (κ2) is 4.50. The molecule has 1 aromatic carbocycles. The molecule has 2 rings (SSSR count). The monoisotopic (exact) mass is 251 g/mol. The molecule has 0 bridgehead atoms. The summed E-state index contributed by atoms with van der Waals surface area (Å²) < 4.78 is 13.4. The number of halogens is 1. The predicted molar refractivity (Wildman–Crippen MR) is 66.2 cm³/mol. The van der Waals surface area contributed by atoms with Crippen molar-refractivity contribution in [2.24, 2.45) is 0 Å². The minimum absolute atomic E-state index is 0.151. The first kappa shape index (κ1) is 11.5. The standard InChI is InChI=1S/C11H10FN3OS/c1-6(16)9-10(13)15-11(17-9)14-8-5-3-2-4-7(8)12/h2-5H,13H2,1H3,(H,14,15). The van der Waals surface area contributed by atoms with Crippen molar-refractivity contribution in [3.8, 4) is 0 Å². The average molecular weight is 251 g/mol. The first-order chi connectivity index (χ1) is 8.08. The molecule has 0 saturated heterocycles. The van der Waals surface area contributed by atoms with E-state index in [-0.39, 0.29) is 17.4 Å². The van der Waals surface area contributed by atoms with E-state index >= 15 is 0 Å². The number of carbonyl (C=O) groups excluding carboxylic acids is 1. The van der Waals surface area contributed by atoms with Gasteiger partial charge in [-0.05, 0) is 12.1 Å². The summed E-state index contributed by atoms with van der Waals surface area (Å²) in [6, 6.07) is 6.22. The number of thiazole rings is 1. The zero-order valence-electron chi connectivity index (χ0n) is 9.03. The maximum atomic E-state index is 13.4. The smallest absolute Gasteiger partial charge is 0.189 e. The number of aromatic nitrogens is 1. The summed E-state index contributed by atoms with van der Waals surface area (Å²) in [5, 5.41) is 3.19. The van der Waals surface area contributed by atoms with Crippen LogP contribution in [0.1, 0.15) is 16.6 Å². The van der Waals surface area contributed by atoms with Crippen molar-refractivity contribution in [1.82, 2.24) is 4.98 Å². The van der Waals surface area contributed by atoms with Crippen LogP contribution in [0.4, 0.5) is 21.0 Å². The quantitative estimate of drug-likeness (QED) is 0.823. The van der Waals surface area contributed by atoms with Crippen LogP contribution in [0.5, 0.6) is 0 Å². The van der Waals surface area contributed by atoms with Gasteiger partial charge in [-0.15, -0.1) is 0 Å². The van der Waals surface area contributed by atoms with E-state index in [1.165, 1.54) is 13.0 Å². The molecular weight excluding hydrogens is 241 g/mol. The Morgan fingerprint density at radius 3 is 2.76 bits per heavy atom. The number of nitrogen functional groups attached to an aromatic ring is 1. The number of nitrogens with two attached hydrogens (primary N) is 1. The van der Waals surface area contributed by atoms with Gasteiger partial charge in [-0.2, -0.15) is 0 Å². The number of ketones is 1.